The highest BCUT2D eigenvalue weighted by Gasteiger charge is 2.36. The molecule has 21 heavy (non-hydrogen) atoms. The predicted octanol–water partition coefficient (Wildman–Crippen LogP) is 4.74. The summed E-state index contributed by atoms with van der Waals surface area (Å²) >= 11 is 12.5. The molecule has 0 spiro atoms. The molecule has 2 nitrogen and oxygen atoms in total. The first-order chi connectivity index (χ1) is 10.00. The first-order valence-electron chi connectivity index (χ1n) is 7.91. The van der Waals surface area contributed by atoms with Crippen molar-refractivity contribution in [3.8, 4) is 0 Å². The Balaban J connectivity index is 2.18. The fraction of sp³-hybridized carbons (Fsp3) is 0.647. The summed E-state index contributed by atoms with van der Waals surface area (Å²) < 4.78 is 0. The number of benzene rings is 1. The molecule has 0 saturated carbocycles. The maximum atomic E-state index is 6.37. The molecule has 4 heteroatoms. The van der Waals surface area contributed by atoms with Gasteiger partial charge in [0.15, 0.2) is 0 Å². The molecule has 0 aromatic heterocycles. The largest absolute Gasteiger partial charge is 0.311 e. The molecule has 1 aliphatic heterocycles. The molecule has 1 N–H and O–H groups in total. The van der Waals surface area contributed by atoms with Crippen LogP contribution in [0.1, 0.15) is 45.6 Å². The Hall–Kier alpha value is -0.280. The Labute approximate surface area is 138 Å². The number of rotatable bonds is 5. The zero-order chi connectivity index (χ0) is 15.5. The van der Waals surface area contributed by atoms with Crippen LogP contribution in [0.4, 0.5) is 0 Å². The number of nitrogens with one attached hydrogen (secondary N) is 1. The maximum absolute atomic E-state index is 6.37. The fourth-order valence-electron chi connectivity index (χ4n) is 3.05. The predicted molar refractivity (Wildman–Crippen MR) is 92.3 cm³/mol. The van der Waals surface area contributed by atoms with Crippen molar-refractivity contribution in [2.75, 3.05) is 13.1 Å². The standard InChI is InChI=1S/C17H26Cl2N2/c1-4-7-14-11-21(17(3,5-2)12-20-14)10-13-8-6-9-15(18)16(13)19/h6,8-9,14,20H,4-5,7,10-12H2,1-3H3. The number of hydrogen-bond donors (Lipinski definition) is 1. The van der Waals surface area contributed by atoms with Crippen molar-refractivity contribution in [3.05, 3.63) is 33.8 Å². The third-order valence-corrected chi connectivity index (χ3v) is 5.63. The summed E-state index contributed by atoms with van der Waals surface area (Å²) in [5.74, 6) is 0. The Morgan fingerprint density at radius 2 is 2.10 bits per heavy atom. The molecular weight excluding hydrogens is 303 g/mol. The average Bonchev–Trinajstić information content (AvgIpc) is 2.48. The summed E-state index contributed by atoms with van der Waals surface area (Å²) in [5.41, 5.74) is 1.30. The normalized spacial score (nSPS) is 27.0. The van der Waals surface area contributed by atoms with E-state index in [1.807, 2.05) is 12.1 Å². The zero-order valence-electron chi connectivity index (χ0n) is 13.3. The topological polar surface area (TPSA) is 15.3 Å². The van der Waals surface area contributed by atoms with Crippen molar-refractivity contribution in [3.63, 3.8) is 0 Å². The van der Waals surface area contributed by atoms with Gasteiger partial charge in [0.1, 0.15) is 0 Å². The van der Waals surface area contributed by atoms with Crippen molar-refractivity contribution in [2.45, 2.75) is 58.2 Å². The summed E-state index contributed by atoms with van der Waals surface area (Å²) in [4.78, 5) is 2.57. The Morgan fingerprint density at radius 3 is 2.76 bits per heavy atom. The summed E-state index contributed by atoms with van der Waals surface area (Å²) in [6, 6.07) is 6.50. The lowest BCUT2D eigenvalue weighted by Crippen LogP contribution is -2.62. The lowest BCUT2D eigenvalue weighted by molar-refractivity contribution is 0.0397. The quantitative estimate of drug-likeness (QED) is 0.840. The van der Waals surface area contributed by atoms with Crippen molar-refractivity contribution in [1.82, 2.24) is 10.2 Å². The molecule has 1 saturated heterocycles. The molecule has 1 fully saturated rings. The van der Waals surface area contributed by atoms with Gasteiger partial charge >= 0.3 is 0 Å². The van der Waals surface area contributed by atoms with Crippen LogP contribution in [0.2, 0.25) is 10.0 Å². The van der Waals surface area contributed by atoms with Crippen LogP contribution in [-0.2, 0) is 6.54 Å². The Bertz CT molecular complexity index is 478. The second-order valence-corrected chi connectivity index (χ2v) is 7.10. The SMILES string of the molecule is CCCC1CN(Cc2cccc(Cl)c2Cl)C(C)(CC)CN1. The van der Waals surface area contributed by atoms with E-state index in [9.17, 15) is 0 Å². The number of halogens is 2. The molecule has 1 heterocycles. The van der Waals surface area contributed by atoms with E-state index in [4.69, 9.17) is 23.2 Å². The van der Waals surface area contributed by atoms with Gasteiger partial charge in [-0.05, 0) is 31.4 Å². The molecule has 2 rings (SSSR count). The van der Waals surface area contributed by atoms with Gasteiger partial charge in [0.25, 0.3) is 0 Å². The van der Waals surface area contributed by atoms with Gasteiger partial charge in [-0.1, -0.05) is 55.6 Å². The molecule has 118 valence electrons. The van der Waals surface area contributed by atoms with Crippen molar-refractivity contribution < 1.29 is 0 Å². The second kappa shape index (κ2) is 7.32. The van der Waals surface area contributed by atoms with Gasteiger partial charge in [-0.3, -0.25) is 4.90 Å². The summed E-state index contributed by atoms with van der Waals surface area (Å²) in [6.07, 6.45) is 3.56. The molecule has 0 amide bonds. The van der Waals surface area contributed by atoms with Crippen LogP contribution < -0.4 is 5.32 Å². The van der Waals surface area contributed by atoms with E-state index in [1.165, 1.54) is 12.8 Å². The number of piperazine rings is 1. The molecule has 0 radical (unpaired) electrons. The van der Waals surface area contributed by atoms with Crippen LogP contribution in [0.3, 0.4) is 0 Å². The van der Waals surface area contributed by atoms with Gasteiger partial charge < -0.3 is 5.32 Å². The van der Waals surface area contributed by atoms with Gasteiger partial charge in [0.2, 0.25) is 0 Å². The molecule has 0 bridgehead atoms. The smallest absolute Gasteiger partial charge is 0.0637 e. The minimum atomic E-state index is 0.176. The van der Waals surface area contributed by atoms with E-state index in [0.29, 0.717) is 16.1 Å². The first-order valence-corrected chi connectivity index (χ1v) is 8.67. The van der Waals surface area contributed by atoms with Crippen molar-refractivity contribution in [2.24, 2.45) is 0 Å². The molecule has 2 atom stereocenters. The highest BCUT2D eigenvalue weighted by Crippen LogP contribution is 2.31. The van der Waals surface area contributed by atoms with E-state index in [2.05, 4.69) is 37.1 Å². The summed E-state index contributed by atoms with van der Waals surface area (Å²) in [5, 5.41) is 5.05. The van der Waals surface area contributed by atoms with Crippen LogP contribution in [-0.4, -0.2) is 29.6 Å². The third kappa shape index (κ3) is 3.92. The molecular formula is C17H26Cl2N2. The van der Waals surface area contributed by atoms with E-state index in [1.54, 1.807) is 0 Å². The van der Waals surface area contributed by atoms with Gasteiger partial charge in [0, 0.05) is 31.2 Å². The van der Waals surface area contributed by atoms with Crippen molar-refractivity contribution in [1.29, 1.82) is 0 Å². The number of hydrogen-bond acceptors (Lipinski definition) is 2. The van der Waals surface area contributed by atoms with Crippen LogP contribution in [0.15, 0.2) is 18.2 Å². The van der Waals surface area contributed by atoms with Crippen LogP contribution in [0.25, 0.3) is 0 Å². The molecule has 1 aromatic rings. The van der Waals surface area contributed by atoms with Gasteiger partial charge in [-0.15, -0.1) is 0 Å². The van der Waals surface area contributed by atoms with Crippen LogP contribution >= 0.6 is 23.2 Å². The minimum absolute atomic E-state index is 0.176. The average molecular weight is 329 g/mol. The van der Waals surface area contributed by atoms with E-state index in [-0.39, 0.29) is 5.54 Å². The van der Waals surface area contributed by atoms with Gasteiger partial charge in [-0.25, -0.2) is 0 Å². The Morgan fingerprint density at radius 1 is 1.33 bits per heavy atom. The lowest BCUT2D eigenvalue weighted by Gasteiger charge is -2.48. The fourth-order valence-corrected chi connectivity index (χ4v) is 3.43. The van der Waals surface area contributed by atoms with E-state index >= 15 is 0 Å². The summed E-state index contributed by atoms with van der Waals surface area (Å²) in [6.45, 7) is 9.81. The van der Waals surface area contributed by atoms with Crippen LogP contribution in [0, 0.1) is 0 Å². The zero-order valence-corrected chi connectivity index (χ0v) is 14.8. The highest BCUT2D eigenvalue weighted by molar-refractivity contribution is 6.42. The Kier molecular flexibility index (Phi) is 5.96. The van der Waals surface area contributed by atoms with Gasteiger partial charge in [0.05, 0.1) is 10.0 Å². The first kappa shape index (κ1) is 17.1. The molecule has 1 aromatic carbocycles. The number of nitrogens with zero attached hydrogens (tertiary/aromatic N) is 1. The van der Waals surface area contributed by atoms with Crippen molar-refractivity contribution >= 4 is 23.2 Å². The lowest BCUT2D eigenvalue weighted by atomic mass is 9.90. The van der Waals surface area contributed by atoms with E-state index in [0.717, 1.165) is 31.6 Å². The monoisotopic (exact) mass is 328 g/mol. The maximum Gasteiger partial charge on any atom is 0.0637 e. The molecule has 2 unspecified atom stereocenters. The van der Waals surface area contributed by atoms with Gasteiger partial charge in [-0.2, -0.15) is 0 Å². The molecule has 0 aliphatic carbocycles. The molecule has 1 aliphatic rings. The van der Waals surface area contributed by atoms with E-state index < -0.39 is 0 Å². The summed E-state index contributed by atoms with van der Waals surface area (Å²) in [7, 11) is 0. The van der Waals surface area contributed by atoms with Crippen LogP contribution in [0.5, 0.6) is 0 Å². The highest BCUT2D eigenvalue weighted by atomic mass is 35.5. The minimum Gasteiger partial charge on any atom is -0.311 e. The third-order valence-electron chi connectivity index (χ3n) is 4.77. The second-order valence-electron chi connectivity index (χ2n) is 6.31.